The van der Waals surface area contributed by atoms with Crippen LogP contribution in [0.4, 0.5) is 0 Å². The molecule has 204 valence electrons. The Balaban J connectivity index is 1.50. The highest BCUT2D eigenvalue weighted by atomic mass is 28.4. The van der Waals surface area contributed by atoms with E-state index in [4.69, 9.17) is 4.43 Å². The van der Waals surface area contributed by atoms with Gasteiger partial charge in [0.15, 0.2) is 8.32 Å². The zero-order chi connectivity index (χ0) is 26.7. The van der Waals surface area contributed by atoms with Crippen LogP contribution in [0.15, 0.2) is 35.5 Å². The molecule has 0 heterocycles. The molecule has 0 saturated heterocycles. The monoisotopic (exact) mass is 512 g/mol. The fourth-order valence-electron chi connectivity index (χ4n) is 8.25. The van der Waals surface area contributed by atoms with Gasteiger partial charge in [0.05, 0.1) is 11.7 Å². The average molecular weight is 513 g/mol. The van der Waals surface area contributed by atoms with Crippen molar-refractivity contribution in [1.29, 1.82) is 0 Å². The van der Waals surface area contributed by atoms with E-state index in [-0.39, 0.29) is 16.6 Å². The van der Waals surface area contributed by atoms with Gasteiger partial charge in [-0.3, -0.25) is 0 Å². The van der Waals surface area contributed by atoms with Gasteiger partial charge in [0.1, 0.15) is 0 Å². The molecule has 4 aliphatic rings. The van der Waals surface area contributed by atoms with Crippen LogP contribution >= 0.6 is 0 Å². The molecule has 36 heavy (non-hydrogen) atoms. The van der Waals surface area contributed by atoms with E-state index in [0.29, 0.717) is 11.3 Å². The maximum Gasteiger partial charge on any atom is 0.192 e. The first-order chi connectivity index (χ1) is 16.5. The zero-order valence-corrected chi connectivity index (χ0v) is 26.2. The van der Waals surface area contributed by atoms with E-state index in [2.05, 4.69) is 78.9 Å². The highest BCUT2D eigenvalue weighted by Gasteiger charge is 2.56. The van der Waals surface area contributed by atoms with E-state index in [0.717, 1.165) is 37.0 Å². The Morgan fingerprint density at radius 2 is 1.75 bits per heavy atom. The van der Waals surface area contributed by atoms with Gasteiger partial charge in [-0.25, -0.2) is 0 Å². The van der Waals surface area contributed by atoms with Crippen molar-refractivity contribution in [2.75, 3.05) is 0 Å². The molecule has 0 aromatic rings. The molecule has 2 saturated carbocycles. The lowest BCUT2D eigenvalue weighted by Gasteiger charge is -2.54. The number of hydrogen-bond donors (Lipinski definition) is 1. The molecular formula is C33H56O2Si. The van der Waals surface area contributed by atoms with Crippen LogP contribution in [0, 0.1) is 34.5 Å². The number of allylic oxidation sites excluding steroid dienone is 4. The summed E-state index contributed by atoms with van der Waals surface area (Å²) in [7, 11) is -1.78. The van der Waals surface area contributed by atoms with Crippen LogP contribution in [0.3, 0.4) is 0 Å². The number of hydrogen-bond acceptors (Lipinski definition) is 2. The molecule has 4 aliphatic carbocycles. The first-order valence-electron chi connectivity index (χ1n) is 15.0. The molecule has 2 fully saturated rings. The minimum Gasteiger partial charge on any atom is -0.410 e. The summed E-state index contributed by atoms with van der Waals surface area (Å²) < 4.78 is 6.83. The first kappa shape index (κ1) is 28.4. The minimum absolute atomic E-state index is 0.162. The molecule has 0 amide bonds. The Bertz CT molecular complexity index is 913. The van der Waals surface area contributed by atoms with E-state index in [1.165, 1.54) is 32.1 Å². The quantitative estimate of drug-likeness (QED) is 0.272. The predicted molar refractivity (Wildman–Crippen MR) is 156 cm³/mol. The summed E-state index contributed by atoms with van der Waals surface area (Å²) in [6, 6.07) is 0. The van der Waals surface area contributed by atoms with Crippen LogP contribution in [-0.2, 0) is 4.43 Å². The van der Waals surface area contributed by atoms with Crippen LogP contribution in [-0.4, -0.2) is 25.1 Å². The van der Waals surface area contributed by atoms with Crippen molar-refractivity contribution < 1.29 is 9.53 Å². The predicted octanol–water partition coefficient (Wildman–Crippen LogP) is 9.23. The molecule has 1 N–H and O–H groups in total. The minimum atomic E-state index is -1.78. The summed E-state index contributed by atoms with van der Waals surface area (Å²) in [6.07, 6.45) is 20.0. The van der Waals surface area contributed by atoms with Gasteiger partial charge in [-0.1, -0.05) is 89.8 Å². The normalized spacial score (nSPS) is 37.5. The summed E-state index contributed by atoms with van der Waals surface area (Å²) in [4.78, 5) is 0. The molecule has 0 aliphatic heterocycles. The lowest BCUT2D eigenvalue weighted by atomic mass is 9.51. The highest BCUT2D eigenvalue weighted by Crippen LogP contribution is 2.65. The highest BCUT2D eigenvalue weighted by molar-refractivity contribution is 6.74. The van der Waals surface area contributed by atoms with Crippen LogP contribution in [0.2, 0.25) is 18.1 Å². The summed E-state index contributed by atoms with van der Waals surface area (Å²) in [5.41, 5.74) is 3.42. The van der Waals surface area contributed by atoms with Gasteiger partial charge in [0.25, 0.3) is 0 Å². The Morgan fingerprint density at radius 3 is 2.39 bits per heavy atom. The lowest BCUT2D eigenvalue weighted by molar-refractivity contribution is 0.0495. The van der Waals surface area contributed by atoms with Crippen LogP contribution < -0.4 is 0 Å². The first-order valence-corrected chi connectivity index (χ1v) is 17.9. The lowest BCUT2D eigenvalue weighted by Crippen LogP contribution is -2.47. The summed E-state index contributed by atoms with van der Waals surface area (Å²) in [5.74, 6) is 2.95. The Morgan fingerprint density at radius 1 is 1.06 bits per heavy atom. The van der Waals surface area contributed by atoms with E-state index in [1.807, 2.05) is 13.8 Å². The molecule has 7 atom stereocenters. The third-order valence-electron chi connectivity index (χ3n) is 11.5. The third kappa shape index (κ3) is 5.15. The molecule has 0 spiro atoms. The summed E-state index contributed by atoms with van der Waals surface area (Å²) >= 11 is 0. The van der Waals surface area contributed by atoms with Crippen molar-refractivity contribution in [3.63, 3.8) is 0 Å². The molecule has 2 nitrogen and oxygen atoms in total. The van der Waals surface area contributed by atoms with Crippen molar-refractivity contribution in [1.82, 2.24) is 0 Å². The zero-order valence-electron chi connectivity index (χ0n) is 25.2. The van der Waals surface area contributed by atoms with Gasteiger partial charge in [0, 0.05) is 5.41 Å². The summed E-state index contributed by atoms with van der Waals surface area (Å²) in [6.45, 7) is 23.3. The molecule has 0 aromatic carbocycles. The van der Waals surface area contributed by atoms with Crippen molar-refractivity contribution in [2.45, 2.75) is 137 Å². The van der Waals surface area contributed by atoms with E-state index in [9.17, 15) is 5.11 Å². The van der Waals surface area contributed by atoms with Crippen LogP contribution in [0.25, 0.3) is 0 Å². The van der Waals surface area contributed by atoms with Crippen molar-refractivity contribution in [2.24, 2.45) is 34.5 Å². The topological polar surface area (TPSA) is 29.5 Å². The van der Waals surface area contributed by atoms with Gasteiger partial charge in [-0.15, -0.1) is 0 Å². The van der Waals surface area contributed by atoms with Gasteiger partial charge >= 0.3 is 0 Å². The maximum absolute atomic E-state index is 10.2. The SMILES string of the molecule is C[C@@H](CCCC(C)(C)O)[C@H]1CC[C@H]2C3=CC=C4C[C@@H](O[Si](C)(C)C(C)(C)C)C=C[C@]4(C)[C@H]3CC[C@]12C. The average Bonchev–Trinajstić information content (AvgIpc) is 3.09. The van der Waals surface area contributed by atoms with E-state index in [1.54, 1.807) is 11.1 Å². The summed E-state index contributed by atoms with van der Waals surface area (Å²) in [5, 5.41) is 10.4. The van der Waals surface area contributed by atoms with Crippen LogP contribution in [0.5, 0.6) is 0 Å². The van der Waals surface area contributed by atoms with E-state index < -0.39 is 13.9 Å². The molecule has 0 radical (unpaired) electrons. The molecular weight excluding hydrogens is 456 g/mol. The molecule has 0 aromatic heterocycles. The Labute approximate surface area is 224 Å². The fourth-order valence-corrected chi connectivity index (χ4v) is 9.52. The van der Waals surface area contributed by atoms with Gasteiger partial charge in [0.2, 0.25) is 0 Å². The largest absolute Gasteiger partial charge is 0.410 e. The maximum atomic E-state index is 10.2. The smallest absolute Gasteiger partial charge is 0.192 e. The molecule has 4 rings (SSSR count). The van der Waals surface area contributed by atoms with Crippen molar-refractivity contribution in [3.8, 4) is 0 Å². The second-order valence-corrected chi connectivity index (χ2v) is 20.4. The van der Waals surface area contributed by atoms with Crippen molar-refractivity contribution >= 4 is 8.32 Å². The van der Waals surface area contributed by atoms with Gasteiger partial charge < -0.3 is 9.53 Å². The number of rotatable bonds is 7. The standard InChI is InChI=1S/C33H56O2Si/c1-23(12-11-19-31(5,6)34)27-15-16-28-26-14-13-24-22-25(35-36(9,10)30(2,3)4)17-20-32(24,7)29(26)18-21-33(27,28)8/h13-14,17,20,23,25,27-29,34H,11-12,15-16,18-19,21-22H2,1-10H3/t23-,25-,27+,28-,29-,32-,33+/m0/s1. The van der Waals surface area contributed by atoms with Gasteiger partial charge in [-0.2, -0.15) is 0 Å². The fraction of sp³-hybridized carbons (Fsp3) is 0.818. The van der Waals surface area contributed by atoms with Crippen LogP contribution in [0.1, 0.15) is 107 Å². The second-order valence-electron chi connectivity index (χ2n) is 15.6. The van der Waals surface area contributed by atoms with Gasteiger partial charge in [-0.05, 0) is 99.6 Å². The van der Waals surface area contributed by atoms with E-state index >= 15 is 0 Å². The van der Waals surface area contributed by atoms with Crippen molar-refractivity contribution in [3.05, 3.63) is 35.5 Å². The molecule has 0 bridgehead atoms. The Kier molecular flexibility index (Phi) is 7.50. The second kappa shape index (κ2) is 9.52. The number of fused-ring (bicyclic) bond motifs is 5. The third-order valence-corrected chi connectivity index (χ3v) is 16.0. The molecule has 3 heteroatoms. The molecule has 0 unspecified atom stereocenters. The Hall–Kier alpha value is -0.643. The number of aliphatic hydroxyl groups is 1.